The molecule has 2 heterocycles. The summed E-state index contributed by atoms with van der Waals surface area (Å²) in [6, 6.07) is 16.7. The Hall–Kier alpha value is -3.98. The predicted octanol–water partition coefficient (Wildman–Crippen LogP) is 3.53. The zero-order chi connectivity index (χ0) is 24.6. The van der Waals surface area contributed by atoms with Crippen molar-refractivity contribution in [3.8, 4) is 5.69 Å². The van der Waals surface area contributed by atoms with Gasteiger partial charge in [0.25, 0.3) is 21.5 Å². The molecule has 0 unspecified atom stereocenters. The van der Waals surface area contributed by atoms with E-state index in [-0.39, 0.29) is 16.1 Å². The Morgan fingerprint density at radius 3 is 2.29 bits per heavy atom. The Kier molecular flexibility index (Phi) is 5.97. The highest BCUT2D eigenvalue weighted by atomic mass is 32.2. The van der Waals surface area contributed by atoms with Gasteiger partial charge in [-0.2, -0.15) is 4.31 Å². The molecule has 34 heavy (non-hydrogen) atoms. The van der Waals surface area contributed by atoms with Crippen LogP contribution in [0.3, 0.4) is 0 Å². The van der Waals surface area contributed by atoms with Gasteiger partial charge < -0.3 is 0 Å². The average molecular weight is 477 g/mol. The van der Waals surface area contributed by atoms with Gasteiger partial charge in [-0.05, 0) is 56.7 Å². The van der Waals surface area contributed by atoms with Gasteiger partial charge in [-0.15, -0.1) is 0 Å². The van der Waals surface area contributed by atoms with Crippen molar-refractivity contribution >= 4 is 21.6 Å². The highest BCUT2D eigenvalue weighted by molar-refractivity contribution is 7.93. The van der Waals surface area contributed by atoms with Gasteiger partial charge in [0.2, 0.25) is 0 Å². The number of hydrogen-bond acceptors (Lipinski definition) is 5. The van der Waals surface area contributed by atoms with Crippen LogP contribution in [0.25, 0.3) is 5.69 Å². The zero-order valence-electron chi connectivity index (χ0n) is 19.3. The number of amides is 1. The Morgan fingerprint density at radius 1 is 0.971 bits per heavy atom. The van der Waals surface area contributed by atoms with Crippen molar-refractivity contribution in [2.75, 3.05) is 4.31 Å². The maximum Gasteiger partial charge on any atom is 0.296 e. The van der Waals surface area contributed by atoms with Gasteiger partial charge in [-0.3, -0.25) is 19.3 Å². The molecule has 9 heteroatoms. The third-order valence-electron chi connectivity index (χ3n) is 5.67. The maximum absolute atomic E-state index is 14.0. The van der Waals surface area contributed by atoms with Crippen molar-refractivity contribution in [1.82, 2.24) is 14.3 Å². The number of sulfonamides is 1. The molecule has 0 aliphatic heterocycles. The smallest absolute Gasteiger partial charge is 0.283 e. The summed E-state index contributed by atoms with van der Waals surface area (Å²) in [6.07, 6.45) is 2.76. The van der Waals surface area contributed by atoms with Gasteiger partial charge >= 0.3 is 0 Å². The third-order valence-corrected chi connectivity index (χ3v) is 7.51. The molecular weight excluding hydrogens is 452 g/mol. The molecule has 0 fully saturated rings. The minimum absolute atomic E-state index is 0.0461. The van der Waals surface area contributed by atoms with E-state index in [4.69, 9.17) is 0 Å². The first kappa shape index (κ1) is 23.2. The normalized spacial score (nSPS) is 11.4. The molecule has 0 radical (unpaired) electrons. The maximum atomic E-state index is 14.0. The molecule has 0 saturated heterocycles. The number of carbonyl (C=O) groups is 1. The summed E-state index contributed by atoms with van der Waals surface area (Å²) >= 11 is 0. The zero-order valence-corrected chi connectivity index (χ0v) is 20.1. The van der Waals surface area contributed by atoms with Crippen molar-refractivity contribution in [3.05, 3.63) is 106 Å². The van der Waals surface area contributed by atoms with E-state index < -0.39 is 21.5 Å². The van der Waals surface area contributed by atoms with Crippen LogP contribution in [0.5, 0.6) is 0 Å². The fourth-order valence-electron chi connectivity index (χ4n) is 3.91. The number of para-hydroxylation sites is 1. The van der Waals surface area contributed by atoms with Gasteiger partial charge in [0.15, 0.2) is 0 Å². The Bertz CT molecular complexity index is 1540. The molecule has 2 aromatic carbocycles. The second kappa shape index (κ2) is 8.75. The summed E-state index contributed by atoms with van der Waals surface area (Å²) in [7, 11) is -2.81. The highest BCUT2D eigenvalue weighted by Gasteiger charge is 2.38. The second-order valence-corrected chi connectivity index (χ2v) is 9.75. The molecular formula is C25H24N4O4S. The van der Waals surface area contributed by atoms with E-state index >= 15 is 0 Å². The standard InChI is InChI=1S/C25H24N4O4S/c1-17-12-13-22(18(2)15-17)34(32,33)29(24(30)20-9-8-14-26-16-20)23-19(3)27(4)28(25(23)31)21-10-6-5-7-11-21/h5-16H,1-4H3. The van der Waals surface area contributed by atoms with Gasteiger partial charge in [-0.25, -0.2) is 13.1 Å². The summed E-state index contributed by atoms with van der Waals surface area (Å²) in [4.78, 5) is 31.2. The molecule has 174 valence electrons. The number of benzene rings is 2. The minimum atomic E-state index is -4.45. The number of aromatic nitrogens is 3. The number of aryl methyl sites for hydroxylation is 2. The molecule has 0 aliphatic carbocycles. The van der Waals surface area contributed by atoms with Gasteiger partial charge in [0.05, 0.1) is 21.8 Å². The van der Waals surface area contributed by atoms with E-state index in [1.54, 1.807) is 57.3 Å². The molecule has 2 aromatic heterocycles. The number of hydrogen-bond donors (Lipinski definition) is 0. The fourth-order valence-corrected chi connectivity index (χ4v) is 5.59. The Balaban J connectivity index is 2.03. The van der Waals surface area contributed by atoms with Crippen molar-refractivity contribution in [2.45, 2.75) is 25.7 Å². The predicted molar refractivity (Wildman–Crippen MR) is 130 cm³/mol. The average Bonchev–Trinajstić information content (AvgIpc) is 3.03. The van der Waals surface area contributed by atoms with Crippen LogP contribution in [0, 0.1) is 20.8 Å². The van der Waals surface area contributed by atoms with Crippen molar-refractivity contribution in [3.63, 3.8) is 0 Å². The fraction of sp³-hybridized carbons (Fsp3) is 0.160. The van der Waals surface area contributed by atoms with Gasteiger partial charge in [-0.1, -0.05) is 35.9 Å². The molecule has 8 nitrogen and oxygen atoms in total. The molecule has 0 atom stereocenters. The van der Waals surface area contributed by atoms with Crippen LogP contribution in [-0.4, -0.2) is 28.7 Å². The molecule has 0 spiro atoms. The number of rotatable bonds is 5. The number of carbonyl (C=O) groups excluding carboxylic acids is 1. The first-order valence-corrected chi connectivity index (χ1v) is 12.0. The van der Waals surface area contributed by atoms with E-state index in [9.17, 15) is 18.0 Å². The van der Waals surface area contributed by atoms with E-state index in [0.717, 1.165) is 5.56 Å². The lowest BCUT2D eigenvalue weighted by Gasteiger charge is -2.22. The number of anilines is 1. The lowest BCUT2D eigenvalue weighted by Crippen LogP contribution is -2.40. The van der Waals surface area contributed by atoms with Crippen LogP contribution in [0.2, 0.25) is 0 Å². The second-order valence-electron chi connectivity index (χ2n) is 8.00. The van der Waals surface area contributed by atoms with Gasteiger partial charge in [0.1, 0.15) is 5.69 Å². The largest absolute Gasteiger partial charge is 0.296 e. The van der Waals surface area contributed by atoms with Crippen LogP contribution in [0.15, 0.2) is 82.7 Å². The SMILES string of the molecule is Cc1ccc(S(=O)(=O)N(C(=O)c2cccnc2)c2c(C)n(C)n(-c3ccccc3)c2=O)c(C)c1. The third kappa shape index (κ3) is 3.84. The Labute approximate surface area is 197 Å². The van der Waals surface area contributed by atoms with Crippen LogP contribution in [-0.2, 0) is 17.1 Å². The Morgan fingerprint density at radius 2 is 1.68 bits per heavy atom. The van der Waals surface area contributed by atoms with Crippen molar-refractivity contribution < 1.29 is 13.2 Å². The molecule has 0 bridgehead atoms. The van der Waals surface area contributed by atoms with Crippen molar-refractivity contribution in [1.29, 1.82) is 0 Å². The van der Waals surface area contributed by atoms with Crippen LogP contribution in [0.1, 0.15) is 27.2 Å². The first-order chi connectivity index (χ1) is 16.1. The lowest BCUT2D eigenvalue weighted by molar-refractivity contribution is 0.100. The van der Waals surface area contributed by atoms with E-state index in [1.807, 2.05) is 13.0 Å². The highest BCUT2D eigenvalue weighted by Crippen LogP contribution is 2.29. The van der Waals surface area contributed by atoms with E-state index in [0.29, 0.717) is 21.2 Å². The minimum Gasteiger partial charge on any atom is -0.283 e. The number of nitrogens with zero attached hydrogens (tertiary/aromatic N) is 4. The molecule has 0 N–H and O–H groups in total. The lowest BCUT2D eigenvalue weighted by atomic mass is 10.2. The summed E-state index contributed by atoms with van der Waals surface area (Å²) in [6.45, 7) is 5.12. The summed E-state index contributed by atoms with van der Waals surface area (Å²) < 4.78 is 31.4. The van der Waals surface area contributed by atoms with Crippen LogP contribution in [0.4, 0.5) is 5.69 Å². The molecule has 0 aliphatic rings. The number of pyridine rings is 1. The topological polar surface area (TPSA) is 94.3 Å². The van der Waals surface area contributed by atoms with Crippen LogP contribution >= 0.6 is 0 Å². The molecule has 0 saturated carbocycles. The summed E-state index contributed by atoms with van der Waals surface area (Å²) in [5.74, 6) is -0.862. The van der Waals surface area contributed by atoms with Crippen LogP contribution < -0.4 is 9.86 Å². The van der Waals surface area contributed by atoms with Crippen molar-refractivity contribution in [2.24, 2.45) is 7.05 Å². The summed E-state index contributed by atoms with van der Waals surface area (Å²) in [5, 5.41) is 0. The van der Waals surface area contributed by atoms with E-state index in [2.05, 4.69) is 4.98 Å². The van der Waals surface area contributed by atoms with Gasteiger partial charge in [0, 0.05) is 19.4 Å². The molecule has 4 rings (SSSR count). The first-order valence-electron chi connectivity index (χ1n) is 10.6. The monoisotopic (exact) mass is 476 g/mol. The summed E-state index contributed by atoms with van der Waals surface area (Å²) in [5.41, 5.74) is 1.40. The van der Waals surface area contributed by atoms with E-state index in [1.165, 1.54) is 40.0 Å². The quantitative estimate of drug-likeness (QED) is 0.439. The molecule has 1 amide bonds. The molecule has 4 aromatic rings.